The van der Waals surface area contributed by atoms with E-state index in [0.29, 0.717) is 30.3 Å². The Morgan fingerprint density at radius 3 is 2.38 bits per heavy atom. The Hall–Kier alpha value is -2.89. The molecule has 128 valence electrons. The highest BCUT2D eigenvalue weighted by Gasteiger charge is 2.08. The van der Waals surface area contributed by atoms with Crippen LogP contribution in [0.5, 0.6) is 17.2 Å². The lowest BCUT2D eigenvalue weighted by atomic mass is 10.2. The summed E-state index contributed by atoms with van der Waals surface area (Å²) in [6.45, 7) is 2.79. The molecule has 0 bridgehead atoms. The van der Waals surface area contributed by atoms with Crippen molar-refractivity contribution >= 4 is 11.7 Å². The number of hydrogen-bond acceptors (Lipinski definition) is 4. The summed E-state index contributed by atoms with van der Waals surface area (Å²) >= 11 is 0. The molecule has 0 saturated heterocycles. The van der Waals surface area contributed by atoms with Crippen molar-refractivity contribution in [3.05, 3.63) is 48.0 Å². The summed E-state index contributed by atoms with van der Waals surface area (Å²) in [5.74, 6) is 1.96. The number of nitrogens with one attached hydrogen (secondary N) is 2. The zero-order valence-electron chi connectivity index (χ0n) is 14.1. The fraction of sp³-hybridized carbons (Fsp3) is 0.278. The molecule has 2 amide bonds. The first kappa shape index (κ1) is 17.5. The molecule has 0 fully saturated rings. The van der Waals surface area contributed by atoms with Gasteiger partial charge in [-0.05, 0) is 31.2 Å². The van der Waals surface area contributed by atoms with Gasteiger partial charge in [0, 0.05) is 6.07 Å². The largest absolute Gasteiger partial charge is 0.497 e. The van der Waals surface area contributed by atoms with Gasteiger partial charge in [0.2, 0.25) is 0 Å². The summed E-state index contributed by atoms with van der Waals surface area (Å²) in [4.78, 5) is 11.9. The van der Waals surface area contributed by atoms with E-state index in [-0.39, 0.29) is 6.03 Å². The molecule has 2 N–H and O–H groups in total. The van der Waals surface area contributed by atoms with Crippen molar-refractivity contribution in [3.8, 4) is 17.2 Å². The van der Waals surface area contributed by atoms with Gasteiger partial charge in [0.1, 0.15) is 23.9 Å². The van der Waals surface area contributed by atoms with Gasteiger partial charge in [-0.25, -0.2) is 4.79 Å². The number of ether oxygens (including phenoxy) is 3. The number of anilines is 1. The van der Waals surface area contributed by atoms with E-state index in [9.17, 15) is 4.79 Å². The average molecular weight is 330 g/mol. The third-order valence-corrected chi connectivity index (χ3v) is 3.33. The quantitative estimate of drug-likeness (QED) is 0.765. The van der Waals surface area contributed by atoms with Gasteiger partial charge >= 0.3 is 6.03 Å². The van der Waals surface area contributed by atoms with Gasteiger partial charge in [-0.15, -0.1) is 0 Å². The maximum Gasteiger partial charge on any atom is 0.319 e. The van der Waals surface area contributed by atoms with Crippen LogP contribution in [-0.2, 0) is 0 Å². The Morgan fingerprint density at radius 1 is 1.00 bits per heavy atom. The van der Waals surface area contributed by atoms with Crippen molar-refractivity contribution in [1.82, 2.24) is 5.32 Å². The lowest BCUT2D eigenvalue weighted by Crippen LogP contribution is -2.32. The number of benzene rings is 2. The van der Waals surface area contributed by atoms with E-state index >= 15 is 0 Å². The molecule has 0 heterocycles. The zero-order chi connectivity index (χ0) is 17.4. The van der Waals surface area contributed by atoms with Crippen molar-refractivity contribution in [1.29, 1.82) is 0 Å². The smallest absolute Gasteiger partial charge is 0.319 e. The lowest BCUT2D eigenvalue weighted by molar-refractivity contribution is 0.247. The van der Waals surface area contributed by atoms with Gasteiger partial charge < -0.3 is 24.8 Å². The second-order valence-electron chi connectivity index (χ2n) is 5.11. The Morgan fingerprint density at radius 2 is 1.71 bits per heavy atom. The summed E-state index contributed by atoms with van der Waals surface area (Å²) in [6, 6.07) is 12.6. The molecule has 0 unspecified atom stereocenters. The van der Waals surface area contributed by atoms with Crippen molar-refractivity contribution in [3.63, 3.8) is 0 Å². The highest BCUT2D eigenvalue weighted by Crippen LogP contribution is 2.28. The van der Waals surface area contributed by atoms with E-state index in [2.05, 4.69) is 10.6 Å². The number of urea groups is 1. The number of aryl methyl sites for hydroxylation is 1. The third-order valence-electron chi connectivity index (χ3n) is 3.33. The van der Waals surface area contributed by atoms with E-state index in [4.69, 9.17) is 14.2 Å². The van der Waals surface area contributed by atoms with Crippen LogP contribution in [0, 0.1) is 6.92 Å². The molecule has 0 radical (unpaired) electrons. The van der Waals surface area contributed by atoms with Crippen molar-refractivity contribution in [2.45, 2.75) is 6.92 Å². The van der Waals surface area contributed by atoms with Gasteiger partial charge in [-0.1, -0.05) is 17.7 Å². The van der Waals surface area contributed by atoms with Crippen molar-refractivity contribution < 1.29 is 19.0 Å². The molecular formula is C18H22N2O4. The monoisotopic (exact) mass is 330 g/mol. The number of carbonyl (C=O) groups is 1. The highest BCUT2D eigenvalue weighted by atomic mass is 16.5. The SMILES string of the molecule is COc1ccc(NC(=O)NCCOc2ccc(C)cc2)c(OC)c1. The van der Waals surface area contributed by atoms with E-state index < -0.39 is 0 Å². The standard InChI is InChI=1S/C18H22N2O4/c1-13-4-6-14(7-5-13)24-11-10-19-18(21)20-16-9-8-15(22-2)12-17(16)23-3/h4-9,12H,10-11H2,1-3H3,(H2,19,20,21). The van der Waals surface area contributed by atoms with Crippen LogP contribution in [0.25, 0.3) is 0 Å². The first-order valence-electron chi connectivity index (χ1n) is 7.58. The minimum Gasteiger partial charge on any atom is -0.497 e. The molecule has 2 aromatic carbocycles. The molecule has 6 heteroatoms. The molecule has 0 atom stereocenters. The minimum absolute atomic E-state index is 0.328. The van der Waals surface area contributed by atoms with Gasteiger partial charge in [0.05, 0.1) is 26.5 Å². The van der Waals surface area contributed by atoms with E-state index in [0.717, 1.165) is 5.75 Å². The maximum absolute atomic E-state index is 11.9. The molecule has 0 aliphatic heterocycles. The number of rotatable bonds is 7. The molecule has 6 nitrogen and oxygen atoms in total. The molecule has 0 aliphatic carbocycles. The minimum atomic E-state index is -0.328. The number of amides is 2. The predicted octanol–water partition coefficient (Wildman–Crippen LogP) is 3.21. The predicted molar refractivity (Wildman–Crippen MR) is 93.2 cm³/mol. The van der Waals surface area contributed by atoms with Crippen LogP contribution < -0.4 is 24.8 Å². The first-order valence-corrected chi connectivity index (χ1v) is 7.58. The van der Waals surface area contributed by atoms with Gasteiger partial charge in [-0.2, -0.15) is 0 Å². The Kier molecular flexibility index (Phi) is 6.31. The lowest BCUT2D eigenvalue weighted by Gasteiger charge is -2.12. The van der Waals surface area contributed by atoms with Crippen LogP contribution in [0.3, 0.4) is 0 Å². The Balaban J connectivity index is 1.78. The van der Waals surface area contributed by atoms with Crippen LogP contribution in [0.2, 0.25) is 0 Å². The molecule has 0 saturated carbocycles. The van der Waals surface area contributed by atoms with Gasteiger partial charge in [-0.3, -0.25) is 0 Å². The zero-order valence-corrected chi connectivity index (χ0v) is 14.1. The van der Waals surface area contributed by atoms with Gasteiger partial charge in [0.15, 0.2) is 0 Å². The average Bonchev–Trinajstić information content (AvgIpc) is 2.60. The fourth-order valence-electron chi connectivity index (χ4n) is 2.04. The molecule has 0 aromatic heterocycles. The van der Waals surface area contributed by atoms with Crippen LogP contribution in [0.1, 0.15) is 5.56 Å². The second-order valence-corrected chi connectivity index (χ2v) is 5.11. The molecule has 2 rings (SSSR count). The molecule has 0 spiro atoms. The highest BCUT2D eigenvalue weighted by molar-refractivity contribution is 5.91. The van der Waals surface area contributed by atoms with Crippen LogP contribution in [0.4, 0.5) is 10.5 Å². The summed E-state index contributed by atoms with van der Waals surface area (Å²) in [5.41, 5.74) is 1.74. The van der Waals surface area contributed by atoms with E-state index in [1.807, 2.05) is 31.2 Å². The normalized spacial score (nSPS) is 9.96. The van der Waals surface area contributed by atoms with Crippen LogP contribution in [0.15, 0.2) is 42.5 Å². The molecule has 2 aromatic rings. The number of hydrogen-bond donors (Lipinski definition) is 2. The molecular weight excluding hydrogens is 308 g/mol. The summed E-state index contributed by atoms with van der Waals surface area (Å²) in [5, 5.41) is 5.46. The number of carbonyl (C=O) groups excluding carboxylic acids is 1. The summed E-state index contributed by atoms with van der Waals surface area (Å²) in [6.07, 6.45) is 0. The Labute approximate surface area is 141 Å². The second kappa shape index (κ2) is 8.67. The summed E-state index contributed by atoms with van der Waals surface area (Å²) in [7, 11) is 3.11. The van der Waals surface area contributed by atoms with E-state index in [1.165, 1.54) is 12.7 Å². The summed E-state index contributed by atoms with van der Waals surface area (Å²) < 4.78 is 15.9. The maximum atomic E-state index is 11.9. The van der Waals surface area contributed by atoms with Crippen LogP contribution >= 0.6 is 0 Å². The first-order chi connectivity index (χ1) is 11.6. The number of methoxy groups -OCH3 is 2. The van der Waals surface area contributed by atoms with Gasteiger partial charge in [0.25, 0.3) is 0 Å². The molecule has 0 aliphatic rings. The van der Waals surface area contributed by atoms with E-state index in [1.54, 1.807) is 25.3 Å². The Bertz CT molecular complexity index is 671. The fourth-order valence-corrected chi connectivity index (χ4v) is 2.04. The van der Waals surface area contributed by atoms with Crippen LogP contribution in [-0.4, -0.2) is 33.4 Å². The van der Waals surface area contributed by atoms with Crippen molar-refractivity contribution in [2.75, 3.05) is 32.7 Å². The molecule has 24 heavy (non-hydrogen) atoms. The van der Waals surface area contributed by atoms with Crippen molar-refractivity contribution in [2.24, 2.45) is 0 Å². The third kappa shape index (κ3) is 5.08. The topological polar surface area (TPSA) is 68.8 Å².